The molecular formula is C16H21NO2. The van der Waals surface area contributed by atoms with Gasteiger partial charge in [0.25, 0.3) is 0 Å². The molecule has 19 heavy (non-hydrogen) atoms. The molecule has 0 saturated carbocycles. The molecule has 2 rings (SSSR count). The maximum Gasteiger partial charge on any atom is 0.106 e. The summed E-state index contributed by atoms with van der Waals surface area (Å²) in [6.45, 7) is 6.68. The topological polar surface area (TPSA) is 42.4 Å². The van der Waals surface area contributed by atoms with Gasteiger partial charge in [0, 0.05) is 18.2 Å². The van der Waals surface area contributed by atoms with Crippen LogP contribution in [-0.4, -0.2) is 22.8 Å². The van der Waals surface area contributed by atoms with Gasteiger partial charge in [0.05, 0.1) is 11.6 Å². The van der Waals surface area contributed by atoms with E-state index in [9.17, 15) is 5.11 Å². The molecule has 0 aliphatic carbocycles. The average molecular weight is 259 g/mol. The lowest BCUT2D eigenvalue weighted by Crippen LogP contribution is -2.28. The van der Waals surface area contributed by atoms with E-state index in [-0.39, 0.29) is 12.0 Å². The Kier molecular flexibility index (Phi) is 4.51. The van der Waals surface area contributed by atoms with Gasteiger partial charge < -0.3 is 9.84 Å². The lowest BCUT2D eigenvalue weighted by molar-refractivity contribution is -0.0579. The lowest BCUT2D eigenvalue weighted by atomic mass is 9.93. The third-order valence-corrected chi connectivity index (χ3v) is 3.33. The van der Waals surface area contributed by atoms with Gasteiger partial charge in [0.15, 0.2) is 0 Å². The molecule has 3 nitrogen and oxygen atoms in total. The fourth-order valence-electron chi connectivity index (χ4n) is 2.40. The monoisotopic (exact) mass is 259 g/mol. The highest BCUT2D eigenvalue weighted by atomic mass is 16.5. The summed E-state index contributed by atoms with van der Waals surface area (Å²) in [5.74, 6) is 0.252. The first kappa shape index (κ1) is 14.0. The summed E-state index contributed by atoms with van der Waals surface area (Å²) in [5, 5.41) is 11.6. The van der Waals surface area contributed by atoms with Crippen molar-refractivity contribution in [1.82, 2.24) is 4.98 Å². The van der Waals surface area contributed by atoms with Crippen LogP contribution >= 0.6 is 0 Å². The van der Waals surface area contributed by atoms with Crippen LogP contribution in [0.2, 0.25) is 0 Å². The molecule has 2 atom stereocenters. The molecule has 1 heterocycles. The average Bonchev–Trinajstić information content (AvgIpc) is 2.43. The van der Waals surface area contributed by atoms with Crippen molar-refractivity contribution in [2.45, 2.75) is 33.0 Å². The highest BCUT2D eigenvalue weighted by Crippen LogP contribution is 2.29. The standard InChI is InChI=1S/C16H21NO2/c1-4-19-16(11(2)3)15(18)13-7-5-9-14-12(13)8-6-10-17-14/h5-11,15-16,18H,4H2,1-3H3. The van der Waals surface area contributed by atoms with Crippen LogP contribution in [0.3, 0.4) is 0 Å². The maximum atomic E-state index is 10.6. The van der Waals surface area contributed by atoms with E-state index in [4.69, 9.17) is 4.74 Å². The van der Waals surface area contributed by atoms with Crippen LogP contribution < -0.4 is 0 Å². The summed E-state index contributed by atoms with van der Waals surface area (Å²) < 4.78 is 5.70. The third-order valence-electron chi connectivity index (χ3n) is 3.33. The Morgan fingerprint density at radius 2 is 2.00 bits per heavy atom. The summed E-state index contributed by atoms with van der Waals surface area (Å²) in [5.41, 5.74) is 1.79. The van der Waals surface area contributed by atoms with E-state index in [1.807, 2.05) is 37.3 Å². The van der Waals surface area contributed by atoms with Gasteiger partial charge >= 0.3 is 0 Å². The molecule has 1 N–H and O–H groups in total. The first-order valence-electron chi connectivity index (χ1n) is 6.78. The fourth-order valence-corrected chi connectivity index (χ4v) is 2.40. The zero-order chi connectivity index (χ0) is 13.8. The van der Waals surface area contributed by atoms with Crippen LogP contribution in [-0.2, 0) is 4.74 Å². The van der Waals surface area contributed by atoms with Gasteiger partial charge in [-0.15, -0.1) is 0 Å². The maximum absolute atomic E-state index is 10.6. The van der Waals surface area contributed by atoms with Gasteiger partial charge in [0.1, 0.15) is 6.10 Å². The molecule has 0 aliphatic rings. The van der Waals surface area contributed by atoms with E-state index in [2.05, 4.69) is 18.8 Å². The van der Waals surface area contributed by atoms with Crippen molar-refractivity contribution in [2.24, 2.45) is 5.92 Å². The molecule has 1 aromatic heterocycles. The Balaban J connectivity index is 2.42. The van der Waals surface area contributed by atoms with Crippen molar-refractivity contribution in [1.29, 1.82) is 0 Å². The van der Waals surface area contributed by atoms with Gasteiger partial charge in [-0.25, -0.2) is 0 Å². The zero-order valence-electron chi connectivity index (χ0n) is 11.7. The van der Waals surface area contributed by atoms with Gasteiger partial charge in [-0.1, -0.05) is 32.0 Å². The van der Waals surface area contributed by atoms with E-state index in [0.717, 1.165) is 16.5 Å². The molecule has 0 radical (unpaired) electrons. The first-order valence-corrected chi connectivity index (χ1v) is 6.78. The van der Waals surface area contributed by atoms with Crippen molar-refractivity contribution in [2.75, 3.05) is 6.61 Å². The molecule has 0 spiro atoms. The zero-order valence-corrected chi connectivity index (χ0v) is 11.7. The van der Waals surface area contributed by atoms with Gasteiger partial charge in [0.2, 0.25) is 0 Å². The summed E-state index contributed by atoms with van der Waals surface area (Å²) in [6.07, 6.45) is 0.935. The minimum absolute atomic E-state index is 0.198. The summed E-state index contributed by atoms with van der Waals surface area (Å²) in [4.78, 5) is 4.32. The number of hydrogen-bond acceptors (Lipinski definition) is 3. The van der Waals surface area contributed by atoms with Crippen LogP contribution in [0, 0.1) is 5.92 Å². The smallest absolute Gasteiger partial charge is 0.106 e. The fraction of sp³-hybridized carbons (Fsp3) is 0.438. The number of aliphatic hydroxyl groups excluding tert-OH is 1. The van der Waals surface area contributed by atoms with E-state index in [0.29, 0.717) is 6.61 Å². The number of pyridine rings is 1. The van der Waals surface area contributed by atoms with Crippen molar-refractivity contribution >= 4 is 10.9 Å². The first-order chi connectivity index (χ1) is 9.15. The number of nitrogens with zero attached hydrogens (tertiary/aromatic N) is 1. The number of aliphatic hydroxyl groups is 1. The van der Waals surface area contributed by atoms with E-state index < -0.39 is 6.10 Å². The predicted octanol–water partition coefficient (Wildman–Crippen LogP) is 3.33. The van der Waals surface area contributed by atoms with Crippen molar-refractivity contribution in [3.63, 3.8) is 0 Å². The molecule has 2 unspecified atom stereocenters. The third kappa shape index (κ3) is 2.94. The van der Waals surface area contributed by atoms with Crippen molar-refractivity contribution in [3.8, 4) is 0 Å². The molecule has 2 aromatic rings. The largest absolute Gasteiger partial charge is 0.386 e. The second-order valence-electron chi connectivity index (χ2n) is 5.03. The highest BCUT2D eigenvalue weighted by Gasteiger charge is 2.25. The molecule has 0 saturated heterocycles. The minimum Gasteiger partial charge on any atom is -0.386 e. The number of ether oxygens (including phenoxy) is 1. The van der Waals surface area contributed by atoms with Crippen LogP contribution in [0.5, 0.6) is 0 Å². The SMILES string of the molecule is CCOC(C(C)C)C(O)c1cccc2ncccc12. The minimum atomic E-state index is -0.632. The Bertz CT molecular complexity index is 534. The number of rotatable bonds is 5. The molecular weight excluding hydrogens is 238 g/mol. The Morgan fingerprint density at radius 3 is 2.68 bits per heavy atom. The molecule has 1 aromatic carbocycles. The molecule has 0 bridgehead atoms. The Morgan fingerprint density at radius 1 is 1.21 bits per heavy atom. The van der Waals surface area contributed by atoms with Crippen molar-refractivity contribution in [3.05, 3.63) is 42.1 Å². The Labute approximate surface area is 114 Å². The Hall–Kier alpha value is -1.45. The van der Waals surface area contributed by atoms with Crippen molar-refractivity contribution < 1.29 is 9.84 Å². The lowest BCUT2D eigenvalue weighted by Gasteiger charge is -2.27. The molecule has 3 heteroatoms. The summed E-state index contributed by atoms with van der Waals surface area (Å²) in [6, 6.07) is 9.71. The van der Waals surface area contributed by atoms with E-state index in [1.165, 1.54) is 0 Å². The molecule has 0 aliphatic heterocycles. The predicted molar refractivity (Wildman–Crippen MR) is 77.0 cm³/mol. The van der Waals surface area contributed by atoms with Crippen LogP contribution in [0.15, 0.2) is 36.5 Å². The second-order valence-corrected chi connectivity index (χ2v) is 5.03. The number of hydrogen-bond donors (Lipinski definition) is 1. The summed E-state index contributed by atoms with van der Waals surface area (Å²) >= 11 is 0. The van der Waals surface area contributed by atoms with Gasteiger partial charge in [-0.05, 0) is 30.5 Å². The molecule has 102 valence electrons. The highest BCUT2D eigenvalue weighted by molar-refractivity contribution is 5.82. The molecule has 0 amide bonds. The van der Waals surface area contributed by atoms with Gasteiger partial charge in [-0.3, -0.25) is 4.98 Å². The summed E-state index contributed by atoms with van der Waals surface area (Å²) in [7, 11) is 0. The van der Waals surface area contributed by atoms with E-state index in [1.54, 1.807) is 6.20 Å². The van der Waals surface area contributed by atoms with Crippen LogP contribution in [0.4, 0.5) is 0 Å². The van der Waals surface area contributed by atoms with Gasteiger partial charge in [-0.2, -0.15) is 0 Å². The number of benzene rings is 1. The normalized spacial score (nSPS) is 14.8. The quantitative estimate of drug-likeness (QED) is 0.895. The molecule has 0 fully saturated rings. The van der Waals surface area contributed by atoms with Crippen LogP contribution in [0.1, 0.15) is 32.4 Å². The second kappa shape index (κ2) is 6.13. The number of aromatic nitrogens is 1. The number of fused-ring (bicyclic) bond motifs is 1. The van der Waals surface area contributed by atoms with Crippen LogP contribution in [0.25, 0.3) is 10.9 Å². The van der Waals surface area contributed by atoms with E-state index >= 15 is 0 Å².